The molecule has 0 aromatic carbocycles. The van der Waals surface area contributed by atoms with Crippen LogP contribution >= 0.6 is 0 Å². The molecule has 0 saturated carbocycles. The van der Waals surface area contributed by atoms with Crippen molar-refractivity contribution in [1.82, 2.24) is 14.7 Å². The second-order valence-electron chi connectivity index (χ2n) is 6.13. The first-order valence-electron chi connectivity index (χ1n) is 7.74. The maximum Gasteiger partial charge on any atom is 0.152 e. The minimum absolute atomic E-state index is 0.267. The zero-order valence-corrected chi connectivity index (χ0v) is 12.8. The molecular formula is C16H24N4O. The number of hydrogen-bond acceptors (Lipinski definition) is 4. The Balaban J connectivity index is 1.94. The molecule has 0 aliphatic carbocycles. The van der Waals surface area contributed by atoms with E-state index in [0.717, 1.165) is 37.5 Å². The summed E-state index contributed by atoms with van der Waals surface area (Å²) in [7, 11) is 0. The molecule has 1 aliphatic rings. The summed E-state index contributed by atoms with van der Waals surface area (Å²) < 4.78 is 2.16. The molecule has 1 atom stereocenters. The standard InChI is InChI=1S/C16H24N4O/c1-12(2)17-9-14-16(19-8-6-13(10-19)11-21)18-15-5-3-4-7-20(14)15/h3-5,7,12-13,17,21H,6,8-11H2,1-2H3. The number of imidazole rings is 1. The Morgan fingerprint density at radius 3 is 3.00 bits per heavy atom. The molecule has 0 radical (unpaired) electrons. The molecule has 3 rings (SSSR count). The van der Waals surface area contributed by atoms with Crippen LogP contribution in [0.5, 0.6) is 0 Å². The smallest absolute Gasteiger partial charge is 0.152 e. The van der Waals surface area contributed by atoms with Crippen LogP contribution in [0.2, 0.25) is 0 Å². The second kappa shape index (κ2) is 6.03. The van der Waals surface area contributed by atoms with Crippen molar-refractivity contribution in [3.63, 3.8) is 0 Å². The van der Waals surface area contributed by atoms with Crippen LogP contribution in [0, 0.1) is 5.92 Å². The number of rotatable bonds is 5. The molecule has 0 amide bonds. The van der Waals surface area contributed by atoms with Gasteiger partial charge in [-0.25, -0.2) is 4.98 Å². The lowest BCUT2D eigenvalue weighted by molar-refractivity contribution is 0.238. The van der Waals surface area contributed by atoms with Crippen LogP contribution in [-0.4, -0.2) is 40.2 Å². The summed E-state index contributed by atoms with van der Waals surface area (Å²) in [5.41, 5.74) is 2.19. The van der Waals surface area contributed by atoms with Gasteiger partial charge in [0.05, 0.1) is 5.69 Å². The first-order valence-corrected chi connectivity index (χ1v) is 7.74. The van der Waals surface area contributed by atoms with Crippen LogP contribution in [0.25, 0.3) is 5.65 Å². The maximum absolute atomic E-state index is 9.35. The molecule has 5 heteroatoms. The van der Waals surface area contributed by atoms with Gasteiger partial charge in [-0.2, -0.15) is 0 Å². The summed E-state index contributed by atoms with van der Waals surface area (Å²) in [6.45, 7) is 7.25. The van der Waals surface area contributed by atoms with Gasteiger partial charge in [0.2, 0.25) is 0 Å². The highest BCUT2D eigenvalue weighted by atomic mass is 16.3. The van der Waals surface area contributed by atoms with E-state index >= 15 is 0 Å². The van der Waals surface area contributed by atoms with Gasteiger partial charge < -0.3 is 19.7 Å². The highest BCUT2D eigenvalue weighted by Crippen LogP contribution is 2.27. The average molecular weight is 288 g/mol. The van der Waals surface area contributed by atoms with Crippen molar-refractivity contribution in [2.75, 3.05) is 24.6 Å². The molecule has 0 bridgehead atoms. The zero-order chi connectivity index (χ0) is 14.8. The molecule has 114 valence electrons. The molecule has 2 aromatic heterocycles. The van der Waals surface area contributed by atoms with Crippen LogP contribution < -0.4 is 10.2 Å². The largest absolute Gasteiger partial charge is 0.396 e. The molecule has 0 spiro atoms. The number of hydrogen-bond donors (Lipinski definition) is 2. The van der Waals surface area contributed by atoms with Crippen LogP contribution in [-0.2, 0) is 6.54 Å². The topological polar surface area (TPSA) is 52.8 Å². The van der Waals surface area contributed by atoms with E-state index in [1.165, 1.54) is 5.69 Å². The molecule has 5 nitrogen and oxygen atoms in total. The number of fused-ring (bicyclic) bond motifs is 1. The number of anilines is 1. The van der Waals surface area contributed by atoms with Gasteiger partial charge in [0, 0.05) is 44.4 Å². The van der Waals surface area contributed by atoms with Crippen molar-refractivity contribution < 1.29 is 5.11 Å². The van der Waals surface area contributed by atoms with E-state index in [1.54, 1.807) is 0 Å². The number of nitrogens with one attached hydrogen (secondary N) is 1. The number of pyridine rings is 1. The Bertz CT molecular complexity index is 607. The predicted molar refractivity (Wildman–Crippen MR) is 84.6 cm³/mol. The Kier molecular flexibility index (Phi) is 4.12. The summed E-state index contributed by atoms with van der Waals surface area (Å²) in [5.74, 6) is 1.44. The van der Waals surface area contributed by atoms with Crippen molar-refractivity contribution in [1.29, 1.82) is 0 Å². The molecule has 1 aliphatic heterocycles. The van der Waals surface area contributed by atoms with Crippen molar-refractivity contribution in [3.05, 3.63) is 30.1 Å². The lowest BCUT2D eigenvalue weighted by Crippen LogP contribution is -2.26. The Labute approximate surface area is 125 Å². The van der Waals surface area contributed by atoms with E-state index < -0.39 is 0 Å². The van der Waals surface area contributed by atoms with E-state index in [9.17, 15) is 5.11 Å². The van der Waals surface area contributed by atoms with Crippen LogP contribution in [0.15, 0.2) is 24.4 Å². The van der Waals surface area contributed by atoms with E-state index in [4.69, 9.17) is 4.98 Å². The highest BCUT2D eigenvalue weighted by molar-refractivity contribution is 5.56. The summed E-state index contributed by atoms with van der Waals surface area (Å²) in [5, 5.41) is 12.8. The van der Waals surface area contributed by atoms with E-state index in [1.807, 2.05) is 18.2 Å². The highest BCUT2D eigenvalue weighted by Gasteiger charge is 2.26. The van der Waals surface area contributed by atoms with E-state index in [-0.39, 0.29) is 6.61 Å². The van der Waals surface area contributed by atoms with Crippen LogP contribution in [0.3, 0.4) is 0 Å². The van der Waals surface area contributed by atoms with Crippen LogP contribution in [0.4, 0.5) is 5.82 Å². The number of aliphatic hydroxyl groups is 1. The molecule has 1 unspecified atom stereocenters. The minimum Gasteiger partial charge on any atom is -0.396 e. The van der Waals surface area contributed by atoms with Gasteiger partial charge in [0.25, 0.3) is 0 Å². The fourth-order valence-electron chi connectivity index (χ4n) is 2.93. The molecule has 21 heavy (non-hydrogen) atoms. The summed E-state index contributed by atoms with van der Waals surface area (Å²) in [6.07, 6.45) is 3.12. The summed E-state index contributed by atoms with van der Waals surface area (Å²) >= 11 is 0. The Morgan fingerprint density at radius 1 is 1.43 bits per heavy atom. The van der Waals surface area contributed by atoms with Crippen molar-refractivity contribution in [3.8, 4) is 0 Å². The van der Waals surface area contributed by atoms with Gasteiger partial charge in [-0.15, -0.1) is 0 Å². The first kappa shape index (κ1) is 14.4. The Hall–Kier alpha value is -1.59. The van der Waals surface area contributed by atoms with Crippen molar-refractivity contribution >= 4 is 11.5 Å². The third-order valence-corrected chi connectivity index (χ3v) is 4.13. The van der Waals surface area contributed by atoms with Gasteiger partial charge in [-0.05, 0) is 18.6 Å². The monoisotopic (exact) mass is 288 g/mol. The molecule has 2 N–H and O–H groups in total. The van der Waals surface area contributed by atoms with Gasteiger partial charge in [0.15, 0.2) is 5.82 Å². The summed E-state index contributed by atoms with van der Waals surface area (Å²) in [6, 6.07) is 6.54. The fourth-order valence-corrected chi connectivity index (χ4v) is 2.93. The third kappa shape index (κ3) is 2.89. The quantitative estimate of drug-likeness (QED) is 0.878. The Morgan fingerprint density at radius 2 is 2.29 bits per heavy atom. The molecule has 1 saturated heterocycles. The average Bonchev–Trinajstić information content (AvgIpc) is 3.09. The van der Waals surface area contributed by atoms with Crippen LogP contribution in [0.1, 0.15) is 26.0 Å². The molecule has 2 aromatic rings. The van der Waals surface area contributed by atoms with E-state index in [2.05, 4.69) is 34.7 Å². The number of aromatic nitrogens is 2. The SMILES string of the molecule is CC(C)NCc1c(N2CCC(CO)C2)nc2ccccn12. The number of nitrogens with zero attached hydrogens (tertiary/aromatic N) is 3. The predicted octanol–water partition coefficient (Wildman–Crippen LogP) is 1.65. The maximum atomic E-state index is 9.35. The third-order valence-electron chi connectivity index (χ3n) is 4.13. The van der Waals surface area contributed by atoms with Gasteiger partial charge in [-0.3, -0.25) is 0 Å². The van der Waals surface area contributed by atoms with Gasteiger partial charge in [-0.1, -0.05) is 19.9 Å². The summed E-state index contributed by atoms with van der Waals surface area (Å²) in [4.78, 5) is 7.12. The van der Waals surface area contributed by atoms with Gasteiger partial charge >= 0.3 is 0 Å². The normalized spacial score (nSPS) is 19.0. The number of aliphatic hydroxyl groups excluding tert-OH is 1. The van der Waals surface area contributed by atoms with Crippen molar-refractivity contribution in [2.24, 2.45) is 5.92 Å². The molecular weight excluding hydrogens is 264 g/mol. The first-order chi connectivity index (χ1) is 10.2. The van der Waals surface area contributed by atoms with E-state index in [0.29, 0.717) is 12.0 Å². The lowest BCUT2D eigenvalue weighted by atomic mass is 10.1. The zero-order valence-electron chi connectivity index (χ0n) is 12.8. The molecule has 1 fully saturated rings. The van der Waals surface area contributed by atoms with Gasteiger partial charge in [0.1, 0.15) is 5.65 Å². The second-order valence-corrected chi connectivity index (χ2v) is 6.13. The lowest BCUT2D eigenvalue weighted by Gasteiger charge is -2.18. The van der Waals surface area contributed by atoms with Crippen molar-refractivity contribution in [2.45, 2.75) is 32.9 Å². The molecule has 3 heterocycles. The minimum atomic E-state index is 0.267. The fraction of sp³-hybridized carbons (Fsp3) is 0.562.